The molecular formula is C17H12ClFN4OS. The van der Waals surface area contributed by atoms with E-state index in [1.165, 1.54) is 23.9 Å². The van der Waals surface area contributed by atoms with E-state index in [0.29, 0.717) is 27.5 Å². The molecule has 25 heavy (non-hydrogen) atoms. The zero-order valence-corrected chi connectivity index (χ0v) is 14.5. The molecule has 0 spiro atoms. The fraction of sp³-hybridized carbons (Fsp3) is 0.118. The van der Waals surface area contributed by atoms with Gasteiger partial charge in [0, 0.05) is 10.8 Å². The lowest BCUT2D eigenvalue weighted by Crippen LogP contribution is -2.15. The highest BCUT2D eigenvalue weighted by atomic mass is 35.5. The smallest absolute Gasteiger partial charge is 0.212 e. The maximum absolute atomic E-state index is 13.1. The zero-order chi connectivity index (χ0) is 17.2. The van der Waals surface area contributed by atoms with Crippen molar-refractivity contribution in [1.29, 1.82) is 0 Å². The third-order valence-electron chi connectivity index (χ3n) is 3.59. The molecule has 2 heterocycles. The van der Waals surface area contributed by atoms with Crippen LogP contribution in [0.3, 0.4) is 0 Å². The Labute approximate surface area is 152 Å². The summed E-state index contributed by atoms with van der Waals surface area (Å²) in [6.45, 7) is 0.232. The number of hydrogen-bond donors (Lipinski definition) is 0. The van der Waals surface area contributed by atoms with Gasteiger partial charge in [0.25, 0.3) is 0 Å². The summed E-state index contributed by atoms with van der Waals surface area (Å²) >= 11 is 7.40. The van der Waals surface area contributed by atoms with E-state index in [0.717, 1.165) is 11.3 Å². The topological polar surface area (TPSA) is 52.3 Å². The Morgan fingerprint density at radius 3 is 2.60 bits per heavy atom. The van der Waals surface area contributed by atoms with Gasteiger partial charge in [0.15, 0.2) is 5.82 Å². The molecule has 3 aromatic rings. The van der Waals surface area contributed by atoms with Gasteiger partial charge in [0.1, 0.15) is 18.2 Å². The number of nitrogens with zero attached hydrogens (tertiary/aromatic N) is 4. The lowest BCUT2D eigenvalue weighted by Gasteiger charge is -2.14. The van der Waals surface area contributed by atoms with Gasteiger partial charge in [-0.1, -0.05) is 35.5 Å². The SMILES string of the molecule is Fc1ccc(C2=Nn3c(COc4ccc(Cl)cc4)nnc3SC2)cc1. The molecule has 0 bridgehead atoms. The normalized spacial score (nSPS) is 13.3. The van der Waals surface area contributed by atoms with Crippen molar-refractivity contribution < 1.29 is 9.13 Å². The Kier molecular flexibility index (Phi) is 4.42. The molecule has 0 saturated carbocycles. The molecule has 2 aromatic carbocycles. The number of hydrogen-bond acceptors (Lipinski definition) is 5. The van der Waals surface area contributed by atoms with Crippen LogP contribution in [-0.2, 0) is 6.61 Å². The number of thioether (sulfide) groups is 1. The fourth-order valence-electron chi connectivity index (χ4n) is 2.32. The van der Waals surface area contributed by atoms with Crippen LogP contribution in [-0.4, -0.2) is 26.3 Å². The van der Waals surface area contributed by atoms with E-state index < -0.39 is 0 Å². The first kappa shape index (κ1) is 16.1. The van der Waals surface area contributed by atoms with Gasteiger partial charge in [-0.3, -0.25) is 0 Å². The standard InChI is InChI=1S/C17H12ClFN4OS/c18-12-3-7-14(8-4-12)24-9-16-20-21-17-23(16)22-15(10-25-17)11-1-5-13(19)6-2-11/h1-8H,9-10H2. The first-order chi connectivity index (χ1) is 12.2. The summed E-state index contributed by atoms with van der Waals surface area (Å²) in [4.78, 5) is 0. The summed E-state index contributed by atoms with van der Waals surface area (Å²) in [7, 11) is 0. The molecule has 1 aliphatic rings. The number of aromatic nitrogens is 3. The van der Waals surface area contributed by atoms with Crippen LogP contribution in [0.15, 0.2) is 58.8 Å². The maximum Gasteiger partial charge on any atom is 0.212 e. The van der Waals surface area contributed by atoms with E-state index in [1.807, 2.05) is 0 Å². The van der Waals surface area contributed by atoms with Crippen LogP contribution >= 0.6 is 23.4 Å². The molecule has 0 fully saturated rings. The van der Waals surface area contributed by atoms with Gasteiger partial charge in [0.05, 0.1) is 5.71 Å². The molecule has 0 atom stereocenters. The molecule has 0 radical (unpaired) electrons. The Bertz CT molecular complexity index is 925. The maximum atomic E-state index is 13.1. The average molecular weight is 375 g/mol. The third kappa shape index (κ3) is 3.52. The summed E-state index contributed by atoms with van der Waals surface area (Å²) < 4.78 is 20.5. The highest BCUT2D eigenvalue weighted by molar-refractivity contribution is 7.99. The molecule has 1 aromatic heterocycles. The lowest BCUT2D eigenvalue weighted by molar-refractivity contribution is 0.290. The summed E-state index contributed by atoms with van der Waals surface area (Å²) in [6.07, 6.45) is 0. The molecule has 1 aliphatic heterocycles. The van der Waals surface area contributed by atoms with Crippen molar-refractivity contribution in [3.63, 3.8) is 0 Å². The highest BCUT2D eigenvalue weighted by Gasteiger charge is 2.20. The van der Waals surface area contributed by atoms with Gasteiger partial charge in [-0.2, -0.15) is 9.78 Å². The largest absolute Gasteiger partial charge is 0.486 e. The zero-order valence-electron chi connectivity index (χ0n) is 12.9. The van der Waals surface area contributed by atoms with Crippen LogP contribution in [0.5, 0.6) is 5.75 Å². The van der Waals surface area contributed by atoms with Crippen molar-refractivity contribution in [2.75, 3.05) is 5.75 Å². The Morgan fingerprint density at radius 2 is 1.84 bits per heavy atom. The van der Waals surface area contributed by atoms with Crippen LogP contribution in [0.2, 0.25) is 5.02 Å². The Balaban J connectivity index is 1.56. The molecule has 0 amide bonds. The van der Waals surface area contributed by atoms with E-state index in [-0.39, 0.29) is 12.4 Å². The third-order valence-corrected chi connectivity index (χ3v) is 4.78. The van der Waals surface area contributed by atoms with E-state index in [9.17, 15) is 4.39 Å². The first-order valence-electron chi connectivity index (χ1n) is 7.48. The molecule has 0 aliphatic carbocycles. The van der Waals surface area contributed by atoms with Crippen LogP contribution in [0.1, 0.15) is 11.4 Å². The van der Waals surface area contributed by atoms with Gasteiger partial charge in [-0.05, 0) is 42.0 Å². The Morgan fingerprint density at radius 1 is 1.08 bits per heavy atom. The number of halogens is 2. The monoisotopic (exact) mass is 374 g/mol. The highest BCUT2D eigenvalue weighted by Crippen LogP contribution is 2.25. The molecular weight excluding hydrogens is 363 g/mol. The number of ether oxygens (including phenoxy) is 1. The van der Waals surface area contributed by atoms with E-state index in [1.54, 1.807) is 41.1 Å². The predicted octanol–water partition coefficient (Wildman–Crippen LogP) is 4.01. The van der Waals surface area contributed by atoms with Gasteiger partial charge >= 0.3 is 0 Å². The minimum atomic E-state index is -0.269. The van der Waals surface area contributed by atoms with Crippen molar-refractivity contribution in [1.82, 2.24) is 14.9 Å². The number of benzene rings is 2. The van der Waals surface area contributed by atoms with Crippen LogP contribution in [0.4, 0.5) is 4.39 Å². The second kappa shape index (κ2) is 6.85. The van der Waals surface area contributed by atoms with E-state index >= 15 is 0 Å². The van der Waals surface area contributed by atoms with Crippen molar-refractivity contribution in [2.45, 2.75) is 11.8 Å². The second-order valence-corrected chi connectivity index (χ2v) is 6.67. The van der Waals surface area contributed by atoms with Gasteiger partial charge in [-0.15, -0.1) is 10.2 Å². The molecule has 0 saturated heterocycles. The van der Waals surface area contributed by atoms with Crippen molar-refractivity contribution >= 4 is 29.1 Å². The summed E-state index contributed by atoms with van der Waals surface area (Å²) in [6, 6.07) is 13.4. The predicted molar refractivity (Wildman–Crippen MR) is 94.9 cm³/mol. The van der Waals surface area contributed by atoms with Crippen LogP contribution in [0, 0.1) is 5.82 Å². The first-order valence-corrected chi connectivity index (χ1v) is 8.85. The minimum Gasteiger partial charge on any atom is -0.486 e. The lowest BCUT2D eigenvalue weighted by atomic mass is 10.1. The quantitative estimate of drug-likeness (QED) is 0.692. The summed E-state index contributed by atoms with van der Waals surface area (Å²) in [5.74, 6) is 1.67. The molecule has 4 rings (SSSR count). The van der Waals surface area contributed by atoms with Crippen LogP contribution in [0.25, 0.3) is 0 Å². The molecule has 5 nitrogen and oxygen atoms in total. The van der Waals surface area contributed by atoms with Gasteiger partial charge in [-0.25, -0.2) is 4.39 Å². The second-order valence-electron chi connectivity index (χ2n) is 5.30. The fourth-order valence-corrected chi connectivity index (χ4v) is 3.30. The van der Waals surface area contributed by atoms with E-state index in [2.05, 4.69) is 15.3 Å². The van der Waals surface area contributed by atoms with Crippen LogP contribution < -0.4 is 4.74 Å². The van der Waals surface area contributed by atoms with Crippen molar-refractivity contribution in [3.05, 3.63) is 70.8 Å². The summed E-state index contributed by atoms with van der Waals surface area (Å²) in [5, 5.41) is 14.2. The number of rotatable bonds is 4. The van der Waals surface area contributed by atoms with E-state index in [4.69, 9.17) is 16.3 Å². The average Bonchev–Trinajstić information content (AvgIpc) is 3.04. The molecule has 0 unspecified atom stereocenters. The van der Waals surface area contributed by atoms with Gasteiger partial charge in [0.2, 0.25) is 5.16 Å². The Hall–Kier alpha value is -2.38. The molecule has 126 valence electrons. The molecule has 8 heteroatoms. The van der Waals surface area contributed by atoms with Crippen molar-refractivity contribution in [3.8, 4) is 5.75 Å². The summed E-state index contributed by atoms with van der Waals surface area (Å²) in [5.41, 5.74) is 1.71. The van der Waals surface area contributed by atoms with Crippen molar-refractivity contribution in [2.24, 2.45) is 5.10 Å². The minimum absolute atomic E-state index is 0.232. The van der Waals surface area contributed by atoms with Gasteiger partial charge < -0.3 is 4.74 Å². The number of fused-ring (bicyclic) bond motifs is 1. The molecule has 0 N–H and O–H groups in total.